The summed E-state index contributed by atoms with van der Waals surface area (Å²) < 4.78 is 16.4. The van der Waals surface area contributed by atoms with Crippen molar-refractivity contribution in [1.29, 1.82) is 0 Å². The zero-order valence-electron chi connectivity index (χ0n) is 16.7. The first-order valence-electron chi connectivity index (χ1n) is 9.22. The molecule has 0 radical (unpaired) electrons. The molecule has 0 saturated heterocycles. The lowest BCUT2D eigenvalue weighted by atomic mass is 10.4. The predicted molar refractivity (Wildman–Crippen MR) is 110 cm³/mol. The molecular formula is C18H42N2O3S. The molecule has 0 aliphatic rings. The molecule has 1 atom stereocenters. The molecule has 6 heteroatoms. The van der Waals surface area contributed by atoms with Gasteiger partial charge in [0.2, 0.25) is 0 Å². The second-order valence-corrected chi connectivity index (χ2v) is 7.51. The molecule has 0 rings (SSSR count). The fraction of sp³-hybridized carbons (Fsp3) is 0.944. The molecule has 0 saturated carbocycles. The number of ether oxygens (including phenoxy) is 3. The van der Waals surface area contributed by atoms with Gasteiger partial charge in [0.15, 0.2) is 0 Å². The number of nitrogens with one attached hydrogen (secondary N) is 2. The minimum Gasteiger partial charge on any atom is -0.378 e. The molecule has 0 aromatic heterocycles. The van der Waals surface area contributed by atoms with Crippen LogP contribution in [0.3, 0.4) is 0 Å². The molecule has 1 unspecified atom stereocenters. The van der Waals surface area contributed by atoms with Gasteiger partial charge in [0.05, 0.1) is 39.6 Å². The fourth-order valence-electron chi connectivity index (χ4n) is 1.67. The van der Waals surface area contributed by atoms with Crippen LogP contribution in [0.5, 0.6) is 0 Å². The first-order chi connectivity index (χ1) is 11.6. The van der Waals surface area contributed by atoms with Crippen molar-refractivity contribution in [3.05, 3.63) is 0 Å². The molecule has 0 spiro atoms. The topological polar surface area (TPSA) is 51.8 Å². The van der Waals surface area contributed by atoms with Crippen molar-refractivity contribution in [3.63, 3.8) is 0 Å². The van der Waals surface area contributed by atoms with Gasteiger partial charge in [-0.2, -0.15) is 10.5 Å². The van der Waals surface area contributed by atoms with Gasteiger partial charge in [-0.3, -0.25) is 0 Å². The Morgan fingerprint density at radius 1 is 0.833 bits per heavy atom. The van der Waals surface area contributed by atoms with Crippen LogP contribution in [0.2, 0.25) is 0 Å². The van der Waals surface area contributed by atoms with Gasteiger partial charge in [-0.1, -0.05) is 33.6 Å². The van der Waals surface area contributed by atoms with E-state index in [1.54, 1.807) is 0 Å². The quantitative estimate of drug-likeness (QED) is 0.306. The molecule has 24 heavy (non-hydrogen) atoms. The lowest BCUT2D eigenvalue weighted by Crippen LogP contribution is -2.27. The third-order valence-corrected chi connectivity index (χ3v) is 3.80. The van der Waals surface area contributed by atoms with Crippen molar-refractivity contribution in [3.8, 4) is 0 Å². The van der Waals surface area contributed by atoms with Crippen LogP contribution in [-0.4, -0.2) is 83.2 Å². The standard InChI is InChI=1S/C16H36N2O3S.C2H6/c1-16(2)18-8-10-20-12-14-21-13-11-19-9-7-17-6-5-15-22(3)4;1-2/h16-18H,3,5-15H2,1-2,4H3;1-2H3. The first-order valence-corrected chi connectivity index (χ1v) is 11.2. The lowest BCUT2D eigenvalue weighted by Gasteiger charge is -2.09. The Hall–Kier alpha value is 0.0200. The molecule has 0 aliphatic carbocycles. The largest absolute Gasteiger partial charge is 0.378 e. The average Bonchev–Trinajstić information content (AvgIpc) is 2.55. The number of hydrogen-bond donors (Lipinski definition) is 2. The molecule has 0 aromatic rings. The van der Waals surface area contributed by atoms with Crippen LogP contribution in [0.1, 0.15) is 34.1 Å². The summed E-state index contributed by atoms with van der Waals surface area (Å²) in [6, 6.07) is 0.513. The van der Waals surface area contributed by atoms with Crippen molar-refractivity contribution in [1.82, 2.24) is 10.6 Å². The summed E-state index contributed by atoms with van der Waals surface area (Å²) in [5, 5.41) is 6.66. The van der Waals surface area contributed by atoms with E-state index in [-0.39, 0.29) is 0 Å². The summed E-state index contributed by atoms with van der Waals surface area (Å²) in [7, 11) is 0.314. The van der Waals surface area contributed by atoms with Gasteiger partial charge < -0.3 is 24.8 Å². The Morgan fingerprint density at radius 2 is 1.33 bits per heavy atom. The maximum Gasteiger partial charge on any atom is 0.0701 e. The highest BCUT2D eigenvalue weighted by Gasteiger charge is 1.94. The number of hydrogen-bond acceptors (Lipinski definition) is 5. The fourth-order valence-corrected chi connectivity index (χ4v) is 2.31. The van der Waals surface area contributed by atoms with E-state index in [2.05, 4.69) is 36.6 Å². The van der Waals surface area contributed by atoms with E-state index in [9.17, 15) is 0 Å². The van der Waals surface area contributed by atoms with Crippen molar-refractivity contribution < 1.29 is 14.2 Å². The van der Waals surface area contributed by atoms with Gasteiger partial charge in [-0.15, -0.1) is 0 Å². The maximum absolute atomic E-state index is 5.48. The SMILES string of the molecule is C=S(C)CCCNCCOCCOCCOCCNC(C)C.CC. The molecule has 0 bridgehead atoms. The van der Waals surface area contributed by atoms with E-state index >= 15 is 0 Å². The van der Waals surface area contributed by atoms with Crippen molar-refractivity contribution in [2.45, 2.75) is 40.2 Å². The third-order valence-electron chi connectivity index (χ3n) is 2.81. The second kappa shape index (κ2) is 23.0. The monoisotopic (exact) mass is 366 g/mol. The summed E-state index contributed by atoms with van der Waals surface area (Å²) in [6.07, 6.45) is 3.37. The Labute approximate surface area is 153 Å². The summed E-state index contributed by atoms with van der Waals surface area (Å²) in [6.45, 7) is 15.1. The van der Waals surface area contributed by atoms with Crippen LogP contribution in [0.4, 0.5) is 0 Å². The maximum atomic E-state index is 5.48. The molecular weight excluding hydrogens is 324 g/mol. The second-order valence-electron chi connectivity index (χ2n) is 5.54. The van der Waals surface area contributed by atoms with E-state index in [4.69, 9.17) is 14.2 Å². The van der Waals surface area contributed by atoms with E-state index in [0.717, 1.165) is 32.8 Å². The van der Waals surface area contributed by atoms with Crippen molar-refractivity contribution in [2.24, 2.45) is 0 Å². The van der Waals surface area contributed by atoms with E-state index in [1.165, 1.54) is 12.2 Å². The number of rotatable bonds is 17. The van der Waals surface area contributed by atoms with Gasteiger partial charge in [-0.05, 0) is 25.0 Å². The van der Waals surface area contributed by atoms with Gasteiger partial charge in [0.1, 0.15) is 0 Å². The lowest BCUT2D eigenvalue weighted by molar-refractivity contribution is 0.0156. The summed E-state index contributed by atoms with van der Waals surface area (Å²) in [5.74, 6) is 5.20. The van der Waals surface area contributed by atoms with Gasteiger partial charge >= 0.3 is 0 Å². The average molecular weight is 367 g/mol. The smallest absolute Gasteiger partial charge is 0.0701 e. The third kappa shape index (κ3) is 26.9. The van der Waals surface area contributed by atoms with Crippen molar-refractivity contribution in [2.75, 3.05) is 71.3 Å². The molecule has 0 aliphatic heterocycles. The molecule has 148 valence electrons. The van der Waals surface area contributed by atoms with E-state index in [0.29, 0.717) is 43.0 Å². The Balaban J connectivity index is 0. The molecule has 2 N–H and O–H groups in total. The first kappa shape index (κ1) is 26.3. The highest BCUT2D eigenvalue weighted by molar-refractivity contribution is 8.13. The Bertz CT molecular complexity index is 254. The van der Waals surface area contributed by atoms with Gasteiger partial charge in [0, 0.05) is 19.1 Å². The zero-order valence-corrected chi connectivity index (χ0v) is 17.5. The minimum absolute atomic E-state index is 0.314. The summed E-state index contributed by atoms with van der Waals surface area (Å²) >= 11 is 0. The minimum atomic E-state index is 0.314. The van der Waals surface area contributed by atoms with Crippen LogP contribution >= 0.6 is 10.5 Å². The van der Waals surface area contributed by atoms with E-state index in [1.807, 2.05) is 13.8 Å². The molecule has 5 nitrogen and oxygen atoms in total. The van der Waals surface area contributed by atoms with Crippen LogP contribution in [0.25, 0.3) is 0 Å². The molecule has 0 fully saturated rings. The summed E-state index contributed by atoms with van der Waals surface area (Å²) in [4.78, 5) is 0. The van der Waals surface area contributed by atoms with Crippen LogP contribution in [-0.2, 0) is 14.2 Å². The van der Waals surface area contributed by atoms with Gasteiger partial charge in [0.25, 0.3) is 0 Å². The van der Waals surface area contributed by atoms with Crippen LogP contribution < -0.4 is 10.6 Å². The highest BCUT2D eigenvalue weighted by Crippen LogP contribution is 2.02. The Kier molecular flexibility index (Phi) is 25.2. The predicted octanol–water partition coefficient (Wildman–Crippen LogP) is 2.37. The summed E-state index contributed by atoms with van der Waals surface area (Å²) in [5.41, 5.74) is 0. The molecule has 0 heterocycles. The normalized spacial score (nSPS) is 12.1. The zero-order chi connectivity index (χ0) is 18.5. The highest BCUT2D eigenvalue weighted by atomic mass is 32.2. The van der Waals surface area contributed by atoms with Crippen LogP contribution in [0.15, 0.2) is 0 Å². The van der Waals surface area contributed by atoms with Crippen molar-refractivity contribution >= 4 is 16.4 Å². The molecule has 0 amide bonds. The Morgan fingerprint density at radius 3 is 1.83 bits per heavy atom. The molecule has 0 aromatic carbocycles. The van der Waals surface area contributed by atoms with Crippen LogP contribution in [0, 0.1) is 0 Å². The van der Waals surface area contributed by atoms with E-state index < -0.39 is 0 Å². The van der Waals surface area contributed by atoms with Gasteiger partial charge in [-0.25, -0.2) is 0 Å².